The minimum absolute atomic E-state index is 0.0766. The SMILES string of the molecule is CC(=O)SCCC(O)C(O)c1cc(Cl)cnc1F. The van der Waals surface area contributed by atoms with Crippen LogP contribution in [0.5, 0.6) is 0 Å². The Kier molecular flexibility index (Phi) is 6.01. The number of aliphatic hydroxyl groups excluding tert-OH is 2. The van der Waals surface area contributed by atoms with Gasteiger partial charge in [-0.1, -0.05) is 23.4 Å². The van der Waals surface area contributed by atoms with Gasteiger partial charge in [0.1, 0.15) is 6.10 Å². The van der Waals surface area contributed by atoms with Crippen LogP contribution in [0.15, 0.2) is 12.3 Å². The zero-order valence-corrected chi connectivity index (χ0v) is 11.2. The van der Waals surface area contributed by atoms with Gasteiger partial charge in [0.25, 0.3) is 0 Å². The highest BCUT2D eigenvalue weighted by Crippen LogP contribution is 2.24. The van der Waals surface area contributed by atoms with Crippen molar-refractivity contribution in [3.63, 3.8) is 0 Å². The molecule has 0 fully saturated rings. The standard InChI is InChI=1S/C11H13ClFNO3S/c1-6(15)18-3-2-9(16)10(17)8-4-7(12)5-14-11(8)13/h4-5,9-10,16-17H,2-3H2,1H3. The summed E-state index contributed by atoms with van der Waals surface area (Å²) in [6, 6.07) is 1.22. The summed E-state index contributed by atoms with van der Waals surface area (Å²) in [4.78, 5) is 14.1. The van der Waals surface area contributed by atoms with E-state index in [9.17, 15) is 19.4 Å². The molecule has 18 heavy (non-hydrogen) atoms. The van der Waals surface area contributed by atoms with Crippen molar-refractivity contribution >= 4 is 28.5 Å². The molecule has 1 aromatic rings. The van der Waals surface area contributed by atoms with Crippen LogP contribution in [0.2, 0.25) is 5.02 Å². The van der Waals surface area contributed by atoms with Crippen molar-refractivity contribution in [3.8, 4) is 0 Å². The minimum Gasteiger partial charge on any atom is -0.390 e. The van der Waals surface area contributed by atoms with E-state index in [0.29, 0.717) is 5.75 Å². The van der Waals surface area contributed by atoms with Gasteiger partial charge in [0.15, 0.2) is 5.12 Å². The van der Waals surface area contributed by atoms with E-state index in [0.717, 1.165) is 18.0 Å². The van der Waals surface area contributed by atoms with Crippen LogP contribution in [0.1, 0.15) is 25.0 Å². The Morgan fingerprint density at radius 2 is 2.28 bits per heavy atom. The maximum atomic E-state index is 13.3. The molecule has 2 atom stereocenters. The molecule has 0 aliphatic carbocycles. The molecule has 100 valence electrons. The Hall–Kier alpha value is -0.690. The zero-order chi connectivity index (χ0) is 13.7. The quantitative estimate of drug-likeness (QED) is 0.812. The Morgan fingerprint density at radius 3 is 2.89 bits per heavy atom. The van der Waals surface area contributed by atoms with Crippen molar-refractivity contribution in [2.24, 2.45) is 0 Å². The van der Waals surface area contributed by atoms with E-state index in [1.54, 1.807) is 0 Å². The van der Waals surface area contributed by atoms with Crippen LogP contribution in [0.25, 0.3) is 0 Å². The second-order valence-electron chi connectivity index (χ2n) is 3.67. The Morgan fingerprint density at radius 1 is 1.61 bits per heavy atom. The van der Waals surface area contributed by atoms with Crippen LogP contribution in [0.4, 0.5) is 4.39 Å². The maximum absolute atomic E-state index is 13.3. The lowest BCUT2D eigenvalue weighted by molar-refractivity contribution is -0.109. The van der Waals surface area contributed by atoms with E-state index in [2.05, 4.69) is 4.98 Å². The lowest BCUT2D eigenvalue weighted by atomic mass is 10.0. The second-order valence-corrected chi connectivity index (χ2v) is 5.38. The van der Waals surface area contributed by atoms with Gasteiger partial charge in [-0.25, -0.2) is 4.98 Å². The number of nitrogens with zero attached hydrogens (tertiary/aromatic N) is 1. The van der Waals surface area contributed by atoms with Gasteiger partial charge in [0.2, 0.25) is 5.95 Å². The van der Waals surface area contributed by atoms with E-state index in [4.69, 9.17) is 11.6 Å². The van der Waals surface area contributed by atoms with E-state index in [1.165, 1.54) is 13.0 Å². The van der Waals surface area contributed by atoms with Crippen LogP contribution in [0, 0.1) is 5.95 Å². The average Bonchev–Trinajstić information content (AvgIpc) is 2.30. The van der Waals surface area contributed by atoms with Gasteiger partial charge in [-0.3, -0.25) is 4.79 Å². The molecule has 1 aromatic heterocycles. The Labute approximate surface area is 113 Å². The van der Waals surface area contributed by atoms with E-state index in [1.807, 2.05) is 0 Å². The molecule has 0 aliphatic heterocycles. The third-order valence-corrected chi connectivity index (χ3v) is 3.29. The van der Waals surface area contributed by atoms with Gasteiger partial charge in [-0.05, 0) is 12.5 Å². The number of aliphatic hydroxyl groups is 2. The minimum atomic E-state index is -1.41. The molecule has 1 rings (SSSR count). The number of carbonyl (C=O) groups excluding carboxylic acids is 1. The Bertz CT molecular complexity index is 433. The first-order chi connectivity index (χ1) is 8.41. The van der Waals surface area contributed by atoms with Crippen LogP contribution < -0.4 is 0 Å². The van der Waals surface area contributed by atoms with Gasteiger partial charge < -0.3 is 10.2 Å². The van der Waals surface area contributed by atoms with Crippen molar-refractivity contribution in [3.05, 3.63) is 28.8 Å². The second kappa shape index (κ2) is 7.04. The fourth-order valence-corrected chi connectivity index (χ4v) is 2.15. The van der Waals surface area contributed by atoms with Crippen molar-refractivity contribution in [2.75, 3.05) is 5.75 Å². The summed E-state index contributed by atoms with van der Waals surface area (Å²) in [6.07, 6.45) is -1.31. The smallest absolute Gasteiger partial charge is 0.218 e. The van der Waals surface area contributed by atoms with E-state index in [-0.39, 0.29) is 22.1 Å². The summed E-state index contributed by atoms with van der Waals surface area (Å²) in [5, 5.41) is 19.6. The monoisotopic (exact) mass is 293 g/mol. The molecule has 0 saturated carbocycles. The molecule has 4 nitrogen and oxygen atoms in total. The molecule has 2 unspecified atom stereocenters. The maximum Gasteiger partial charge on any atom is 0.218 e. The summed E-state index contributed by atoms with van der Waals surface area (Å²) in [5.41, 5.74) is -0.150. The molecule has 1 heterocycles. The number of hydrogen-bond acceptors (Lipinski definition) is 5. The third-order valence-electron chi connectivity index (χ3n) is 2.23. The molecule has 0 amide bonds. The van der Waals surface area contributed by atoms with Gasteiger partial charge in [0.05, 0.1) is 11.1 Å². The third kappa shape index (κ3) is 4.53. The largest absolute Gasteiger partial charge is 0.390 e. The van der Waals surface area contributed by atoms with Gasteiger partial charge >= 0.3 is 0 Å². The number of halogens is 2. The van der Waals surface area contributed by atoms with E-state index < -0.39 is 18.2 Å². The van der Waals surface area contributed by atoms with Crippen LogP contribution >= 0.6 is 23.4 Å². The summed E-state index contributed by atoms with van der Waals surface area (Å²) in [6.45, 7) is 1.41. The lowest BCUT2D eigenvalue weighted by Crippen LogP contribution is -2.20. The Balaban J connectivity index is 2.64. The van der Waals surface area contributed by atoms with Gasteiger partial charge in [0, 0.05) is 24.4 Å². The lowest BCUT2D eigenvalue weighted by Gasteiger charge is -2.18. The van der Waals surface area contributed by atoms with Crippen LogP contribution in [0.3, 0.4) is 0 Å². The molecule has 2 N–H and O–H groups in total. The first kappa shape index (κ1) is 15.4. The van der Waals surface area contributed by atoms with E-state index >= 15 is 0 Å². The summed E-state index contributed by atoms with van der Waals surface area (Å²) >= 11 is 6.67. The fraction of sp³-hybridized carbons (Fsp3) is 0.455. The van der Waals surface area contributed by atoms with Crippen molar-refractivity contribution < 1.29 is 19.4 Å². The first-order valence-corrected chi connectivity index (χ1v) is 6.58. The van der Waals surface area contributed by atoms with Crippen molar-refractivity contribution in [1.82, 2.24) is 4.98 Å². The fourth-order valence-electron chi connectivity index (χ4n) is 1.33. The summed E-state index contributed by atoms with van der Waals surface area (Å²) < 4.78 is 13.3. The highest BCUT2D eigenvalue weighted by atomic mass is 35.5. The predicted molar refractivity (Wildman–Crippen MR) is 67.9 cm³/mol. The first-order valence-electron chi connectivity index (χ1n) is 5.22. The summed E-state index contributed by atoms with van der Waals surface area (Å²) in [7, 11) is 0. The number of thioether (sulfide) groups is 1. The molecule has 0 bridgehead atoms. The molecule has 7 heteroatoms. The highest BCUT2D eigenvalue weighted by molar-refractivity contribution is 8.13. The summed E-state index contributed by atoms with van der Waals surface area (Å²) in [5.74, 6) is -0.520. The normalized spacial score (nSPS) is 14.3. The molecular formula is C11H13ClFNO3S. The zero-order valence-electron chi connectivity index (χ0n) is 9.64. The average molecular weight is 294 g/mol. The number of hydrogen-bond donors (Lipinski definition) is 2. The number of aromatic nitrogens is 1. The molecule has 0 aromatic carbocycles. The molecule has 0 radical (unpaired) electrons. The number of pyridine rings is 1. The highest BCUT2D eigenvalue weighted by Gasteiger charge is 2.22. The molecule has 0 aliphatic rings. The van der Waals surface area contributed by atoms with Crippen molar-refractivity contribution in [1.29, 1.82) is 0 Å². The molecule has 0 saturated heterocycles. The predicted octanol–water partition coefficient (Wildman–Crippen LogP) is 1.94. The van der Waals surface area contributed by atoms with Crippen LogP contribution in [-0.2, 0) is 4.79 Å². The van der Waals surface area contributed by atoms with Crippen LogP contribution in [-0.4, -0.2) is 32.2 Å². The topological polar surface area (TPSA) is 70.4 Å². The van der Waals surface area contributed by atoms with Gasteiger partial charge in [-0.15, -0.1) is 0 Å². The molecule has 0 spiro atoms. The molecular weight excluding hydrogens is 281 g/mol. The van der Waals surface area contributed by atoms with Crippen molar-refractivity contribution in [2.45, 2.75) is 25.6 Å². The number of rotatable bonds is 5. The number of carbonyl (C=O) groups is 1. The van der Waals surface area contributed by atoms with Gasteiger partial charge in [-0.2, -0.15) is 4.39 Å².